The molecule has 0 aromatic rings. The quantitative estimate of drug-likeness (QED) is 0.755. The van der Waals surface area contributed by atoms with Crippen molar-refractivity contribution >= 4 is 29.7 Å². The Hall–Kier alpha value is -0.160. The summed E-state index contributed by atoms with van der Waals surface area (Å²) in [5.74, 6) is 0.333. The van der Waals surface area contributed by atoms with E-state index in [1.54, 1.807) is 0 Å². The summed E-state index contributed by atoms with van der Waals surface area (Å²) in [5, 5.41) is 0. The van der Waals surface area contributed by atoms with Crippen LogP contribution in [0.2, 0.25) is 0 Å². The number of hydrogen-bond acceptors (Lipinski definition) is 3. The van der Waals surface area contributed by atoms with Gasteiger partial charge in [-0.1, -0.05) is 13.8 Å². The number of hydrogen-bond donors (Lipinski definition) is 0. The van der Waals surface area contributed by atoms with Gasteiger partial charge in [0.25, 0.3) is 0 Å². The summed E-state index contributed by atoms with van der Waals surface area (Å²) < 4.78 is 22.8. The molecule has 1 aliphatic heterocycles. The summed E-state index contributed by atoms with van der Waals surface area (Å²) in [7, 11) is -3.23. The van der Waals surface area contributed by atoms with Gasteiger partial charge in [-0.3, -0.25) is 0 Å². The number of rotatable bonds is 2. The predicted molar refractivity (Wildman–Crippen MR) is 52.8 cm³/mol. The van der Waals surface area contributed by atoms with E-state index >= 15 is 0 Å². The highest BCUT2D eigenvalue weighted by Gasteiger charge is 2.27. The molecule has 0 spiro atoms. The molecular formula is C7H10BrNO2S. The van der Waals surface area contributed by atoms with Gasteiger partial charge in [-0.05, 0) is 28.3 Å². The lowest BCUT2D eigenvalue weighted by molar-refractivity contribution is 0.601. The van der Waals surface area contributed by atoms with Gasteiger partial charge in [0.1, 0.15) is 0 Å². The van der Waals surface area contributed by atoms with E-state index < -0.39 is 9.84 Å². The third kappa shape index (κ3) is 1.77. The Bertz CT molecular complexity index is 340. The number of halogens is 1. The topological polar surface area (TPSA) is 46.5 Å². The number of nitrogens with zero attached hydrogens (tertiary/aromatic N) is 1. The molecule has 0 fully saturated rings. The van der Waals surface area contributed by atoms with Crippen LogP contribution in [-0.4, -0.2) is 12.4 Å². The molecule has 0 saturated carbocycles. The fourth-order valence-corrected chi connectivity index (χ4v) is 2.81. The highest BCUT2D eigenvalue weighted by molar-refractivity contribution is 9.21. The average molecular weight is 252 g/mol. The Labute approximate surface area is 80.6 Å². The standard InChI is InChI=1S/C7H10BrNO2S/c1-5(2)3-6-4-9-7(8)12(6,10)11/h4-5H,3H2,1-2H3. The number of allylic oxidation sites excluding steroid dienone is 1. The fraction of sp³-hybridized carbons (Fsp3) is 0.571. The molecule has 0 aromatic heterocycles. The molecule has 0 radical (unpaired) electrons. The van der Waals surface area contributed by atoms with E-state index in [4.69, 9.17) is 0 Å². The molecule has 0 atom stereocenters. The van der Waals surface area contributed by atoms with E-state index in [1.165, 1.54) is 6.20 Å². The maximum absolute atomic E-state index is 11.4. The van der Waals surface area contributed by atoms with Crippen LogP contribution in [0.1, 0.15) is 20.3 Å². The predicted octanol–water partition coefficient (Wildman–Crippen LogP) is 2.05. The highest BCUT2D eigenvalue weighted by Crippen LogP contribution is 2.25. The van der Waals surface area contributed by atoms with Gasteiger partial charge in [-0.2, -0.15) is 0 Å². The summed E-state index contributed by atoms with van der Waals surface area (Å²) in [6.45, 7) is 3.95. The molecule has 0 aromatic carbocycles. The zero-order chi connectivity index (χ0) is 9.35. The summed E-state index contributed by atoms with van der Waals surface area (Å²) in [6, 6.07) is 0. The second-order valence-corrected chi connectivity index (χ2v) is 6.27. The molecule has 0 aliphatic carbocycles. The van der Waals surface area contributed by atoms with Crippen LogP contribution in [0.15, 0.2) is 16.1 Å². The third-order valence-electron chi connectivity index (χ3n) is 1.49. The first-order valence-electron chi connectivity index (χ1n) is 3.62. The van der Waals surface area contributed by atoms with Crippen LogP contribution < -0.4 is 0 Å². The van der Waals surface area contributed by atoms with E-state index in [0.29, 0.717) is 17.2 Å². The van der Waals surface area contributed by atoms with Crippen molar-refractivity contribution in [1.82, 2.24) is 0 Å². The third-order valence-corrected chi connectivity index (χ3v) is 4.48. The first-order valence-corrected chi connectivity index (χ1v) is 5.89. The van der Waals surface area contributed by atoms with E-state index in [2.05, 4.69) is 20.9 Å². The van der Waals surface area contributed by atoms with Gasteiger partial charge in [-0.15, -0.1) is 0 Å². The van der Waals surface area contributed by atoms with Gasteiger partial charge in [-0.25, -0.2) is 13.4 Å². The largest absolute Gasteiger partial charge is 0.236 e. The molecular weight excluding hydrogens is 242 g/mol. The Balaban J connectivity index is 2.88. The Morgan fingerprint density at radius 3 is 2.50 bits per heavy atom. The minimum Gasteiger partial charge on any atom is -0.236 e. The van der Waals surface area contributed by atoms with E-state index in [1.807, 2.05) is 13.8 Å². The molecule has 68 valence electrons. The Morgan fingerprint density at radius 1 is 1.58 bits per heavy atom. The van der Waals surface area contributed by atoms with Crippen molar-refractivity contribution in [3.8, 4) is 0 Å². The van der Waals surface area contributed by atoms with Gasteiger partial charge in [0.15, 0.2) is 0 Å². The Morgan fingerprint density at radius 2 is 2.17 bits per heavy atom. The second-order valence-electron chi connectivity index (χ2n) is 3.08. The van der Waals surface area contributed by atoms with Crippen molar-refractivity contribution in [3.05, 3.63) is 11.1 Å². The van der Waals surface area contributed by atoms with E-state index in [0.717, 1.165) is 0 Å². The van der Waals surface area contributed by atoms with E-state index in [-0.39, 0.29) is 3.95 Å². The molecule has 1 rings (SSSR count). The van der Waals surface area contributed by atoms with Crippen molar-refractivity contribution in [2.45, 2.75) is 20.3 Å². The first-order chi connectivity index (χ1) is 5.44. The number of aliphatic imine (C=N–C) groups is 1. The van der Waals surface area contributed by atoms with Crippen molar-refractivity contribution in [3.63, 3.8) is 0 Å². The summed E-state index contributed by atoms with van der Waals surface area (Å²) in [6.07, 6.45) is 1.97. The summed E-state index contributed by atoms with van der Waals surface area (Å²) in [5.41, 5.74) is 0. The van der Waals surface area contributed by atoms with Crippen LogP contribution in [0.25, 0.3) is 0 Å². The minimum absolute atomic E-state index is 0.0330. The van der Waals surface area contributed by atoms with Gasteiger partial charge >= 0.3 is 0 Å². The van der Waals surface area contributed by atoms with Crippen molar-refractivity contribution in [1.29, 1.82) is 0 Å². The van der Waals surface area contributed by atoms with Crippen LogP contribution in [0.3, 0.4) is 0 Å². The molecule has 1 heterocycles. The SMILES string of the molecule is CC(C)CC1=CN=C(Br)S1(=O)=O. The van der Waals surface area contributed by atoms with Crippen LogP contribution in [0.5, 0.6) is 0 Å². The van der Waals surface area contributed by atoms with Crippen LogP contribution in [0.4, 0.5) is 0 Å². The lowest BCUT2D eigenvalue weighted by Crippen LogP contribution is -2.08. The fourth-order valence-electron chi connectivity index (χ4n) is 0.934. The second kappa shape index (κ2) is 3.30. The lowest BCUT2D eigenvalue weighted by Gasteiger charge is -2.04. The van der Waals surface area contributed by atoms with Crippen molar-refractivity contribution in [2.75, 3.05) is 0 Å². The zero-order valence-corrected chi connectivity index (χ0v) is 9.31. The summed E-state index contributed by atoms with van der Waals surface area (Å²) >= 11 is 2.90. The highest BCUT2D eigenvalue weighted by atomic mass is 79.9. The molecule has 0 N–H and O–H groups in total. The van der Waals surface area contributed by atoms with E-state index in [9.17, 15) is 8.42 Å². The normalized spacial score (nSPS) is 21.0. The van der Waals surface area contributed by atoms with Gasteiger partial charge in [0, 0.05) is 6.20 Å². The van der Waals surface area contributed by atoms with Gasteiger partial charge in [0.05, 0.1) is 4.91 Å². The van der Waals surface area contributed by atoms with Crippen molar-refractivity contribution in [2.24, 2.45) is 10.9 Å². The zero-order valence-electron chi connectivity index (χ0n) is 6.91. The molecule has 3 nitrogen and oxygen atoms in total. The van der Waals surface area contributed by atoms with Crippen molar-refractivity contribution < 1.29 is 8.42 Å². The van der Waals surface area contributed by atoms with Crippen LogP contribution >= 0.6 is 15.9 Å². The lowest BCUT2D eigenvalue weighted by atomic mass is 10.1. The molecule has 0 amide bonds. The first kappa shape index (κ1) is 9.92. The molecule has 0 saturated heterocycles. The number of sulfone groups is 1. The molecule has 0 bridgehead atoms. The molecule has 0 unspecified atom stereocenters. The monoisotopic (exact) mass is 251 g/mol. The minimum atomic E-state index is -3.23. The molecule has 12 heavy (non-hydrogen) atoms. The molecule has 1 aliphatic rings. The maximum Gasteiger partial charge on any atom is 0.228 e. The van der Waals surface area contributed by atoms with Gasteiger partial charge < -0.3 is 0 Å². The summed E-state index contributed by atoms with van der Waals surface area (Å²) in [4.78, 5) is 4.11. The Kier molecular flexibility index (Phi) is 2.73. The van der Waals surface area contributed by atoms with Crippen LogP contribution in [-0.2, 0) is 9.84 Å². The smallest absolute Gasteiger partial charge is 0.228 e. The van der Waals surface area contributed by atoms with Crippen LogP contribution in [0, 0.1) is 5.92 Å². The molecule has 5 heteroatoms. The maximum atomic E-state index is 11.4. The van der Waals surface area contributed by atoms with Gasteiger partial charge in [0.2, 0.25) is 13.8 Å². The average Bonchev–Trinajstić information content (AvgIpc) is 2.15.